The molecule has 1 heterocycles. The van der Waals surface area contributed by atoms with Crippen LogP contribution >= 0.6 is 0 Å². The van der Waals surface area contributed by atoms with Crippen molar-refractivity contribution in [1.82, 2.24) is 20.2 Å². The molecule has 0 saturated carbocycles. The molecule has 2 N–H and O–H groups in total. The minimum Gasteiger partial charge on any atom is -0.399 e. The molecule has 0 saturated heterocycles. The lowest BCUT2D eigenvalue weighted by atomic mass is 10.1. The van der Waals surface area contributed by atoms with Gasteiger partial charge in [0.05, 0.1) is 0 Å². The van der Waals surface area contributed by atoms with Crippen molar-refractivity contribution in [2.24, 2.45) is 0 Å². The van der Waals surface area contributed by atoms with Gasteiger partial charge in [0.15, 0.2) is 5.82 Å². The summed E-state index contributed by atoms with van der Waals surface area (Å²) in [5.41, 5.74) is 8.17. The summed E-state index contributed by atoms with van der Waals surface area (Å²) in [6.07, 6.45) is 0.658. The molecule has 5 nitrogen and oxygen atoms in total. The highest BCUT2D eigenvalue weighted by molar-refractivity contribution is 5.58. The highest BCUT2D eigenvalue weighted by Crippen LogP contribution is 2.17. The van der Waals surface area contributed by atoms with E-state index in [1.165, 1.54) is 12.1 Å². The van der Waals surface area contributed by atoms with Crippen LogP contribution in [-0.2, 0) is 13.0 Å². The van der Waals surface area contributed by atoms with Crippen molar-refractivity contribution < 1.29 is 4.39 Å². The summed E-state index contributed by atoms with van der Waals surface area (Å²) < 4.78 is 14.9. The first kappa shape index (κ1) is 13.2. The van der Waals surface area contributed by atoms with E-state index in [0.29, 0.717) is 24.5 Å². The average Bonchev–Trinajstić information content (AvgIpc) is 2.94. The fraction of sp³-hybridized carbons (Fsp3) is 0.133. The van der Waals surface area contributed by atoms with Crippen LogP contribution in [0.3, 0.4) is 0 Å². The highest BCUT2D eigenvalue weighted by Gasteiger charge is 2.08. The maximum absolute atomic E-state index is 13.2. The molecule has 0 fully saturated rings. The van der Waals surface area contributed by atoms with E-state index >= 15 is 0 Å². The van der Waals surface area contributed by atoms with E-state index in [-0.39, 0.29) is 5.82 Å². The van der Waals surface area contributed by atoms with Crippen LogP contribution < -0.4 is 5.73 Å². The first-order valence-electron chi connectivity index (χ1n) is 6.59. The zero-order valence-corrected chi connectivity index (χ0v) is 11.3. The van der Waals surface area contributed by atoms with E-state index in [9.17, 15) is 4.39 Å². The molecule has 2 aromatic carbocycles. The fourth-order valence-electron chi connectivity index (χ4n) is 2.12. The number of nitrogen functional groups attached to an aromatic ring is 1. The smallest absolute Gasteiger partial charge is 0.182 e. The zero-order valence-electron chi connectivity index (χ0n) is 11.3. The molecule has 3 aromatic rings. The average molecular weight is 283 g/mol. The number of hydrogen-bond donors (Lipinski definition) is 1. The quantitative estimate of drug-likeness (QED) is 0.746. The van der Waals surface area contributed by atoms with Gasteiger partial charge in [-0.2, -0.15) is 0 Å². The van der Waals surface area contributed by atoms with Gasteiger partial charge in [-0.1, -0.05) is 12.1 Å². The Morgan fingerprint density at radius 3 is 2.67 bits per heavy atom. The molecule has 0 aliphatic rings. The molecule has 6 heteroatoms. The largest absolute Gasteiger partial charge is 0.399 e. The lowest BCUT2D eigenvalue weighted by Gasteiger charge is -2.05. The zero-order chi connectivity index (χ0) is 14.7. The van der Waals surface area contributed by atoms with Crippen LogP contribution in [0.2, 0.25) is 0 Å². The van der Waals surface area contributed by atoms with Crippen molar-refractivity contribution in [2.45, 2.75) is 13.0 Å². The molecule has 106 valence electrons. The van der Waals surface area contributed by atoms with Gasteiger partial charge in [-0.25, -0.2) is 9.07 Å². The van der Waals surface area contributed by atoms with Gasteiger partial charge < -0.3 is 5.73 Å². The molecule has 1 aromatic heterocycles. The first-order valence-corrected chi connectivity index (χ1v) is 6.59. The monoisotopic (exact) mass is 283 g/mol. The Balaban J connectivity index is 1.78. The third-order valence-corrected chi connectivity index (χ3v) is 3.20. The predicted octanol–water partition coefficient (Wildman–Crippen LogP) is 2.30. The SMILES string of the molecule is Nc1ccc(-c2nnnn2CCc2cccc(F)c2)cc1. The van der Waals surface area contributed by atoms with Gasteiger partial charge in [-0.05, 0) is 58.8 Å². The number of rotatable bonds is 4. The molecule has 0 aliphatic carbocycles. The fourth-order valence-corrected chi connectivity index (χ4v) is 2.12. The van der Waals surface area contributed by atoms with Crippen molar-refractivity contribution >= 4 is 5.69 Å². The molecule has 21 heavy (non-hydrogen) atoms. The van der Waals surface area contributed by atoms with Crippen LogP contribution in [0.15, 0.2) is 48.5 Å². The van der Waals surface area contributed by atoms with Crippen LogP contribution in [0.1, 0.15) is 5.56 Å². The van der Waals surface area contributed by atoms with Crippen LogP contribution in [0.4, 0.5) is 10.1 Å². The van der Waals surface area contributed by atoms with E-state index in [2.05, 4.69) is 15.5 Å². The topological polar surface area (TPSA) is 69.6 Å². The summed E-state index contributed by atoms with van der Waals surface area (Å²) in [5.74, 6) is 0.439. The van der Waals surface area contributed by atoms with E-state index < -0.39 is 0 Å². The number of hydrogen-bond acceptors (Lipinski definition) is 4. The van der Waals surface area contributed by atoms with Gasteiger partial charge in [-0.3, -0.25) is 0 Å². The maximum atomic E-state index is 13.2. The Kier molecular flexibility index (Phi) is 3.59. The number of halogens is 1. The van der Waals surface area contributed by atoms with E-state index in [1.54, 1.807) is 22.9 Å². The Morgan fingerprint density at radius 1 is 1.10 bits per heavy atom. The lowest BCUT2D eigenvalue weighted by Crippen LogP contribution is -2.06. The maximum Gasteiger partial charge on any atom is 0.182 e. The third kappa shape index (κ3) is 3.05. The normalized spacial score (nSPS) is 10.7. The van der Waals surface area contributed by atoms with Crippen LogP contribution in [0.5, 0.6) is 0 Å². The Labute approximate surface area is 121 Å². The number of tetrazole rings is 1. The van der Waals surface area contributed by atoms with Crippen molar-refractivity contribution in [2.75, 3.05) is 5.73 Å². The molecule has 0 spiro atoms. The van der Waals surface area contributed by atoms with Crippen molar-refractivity contribution in [3.63, 3.8) is 0 Å². The molecule has 0 radical (unpaired) electrons. The highest BCUT2D eigenvalue weighted by atomic mass is 19.1. The molecular weight excluding hydrogens is 269 g/mol. The van der Waals surface area contributed by atoms with E-state index in [0.717, 1.165) is 11.1 Å². The second-order valence-corrected chi connectivity index (χ2v) is 4.73. The third-order valence-electron chi connectivity index (χ3n) is 3.20. The number of nitrogens with zero attached hydrogens (tertiary/aromatic N) is 4. The summed E-state index contributed by atoms with van der Waals surface area (Å²) in [6, 6.07) is 13.9. The minimum absolute atomic E-state index is 0.233. The number of anilines is 1. The van der Waals surface area contributed by atoms with Crippen molar-refractivity contribution in [3.05, 3.63) is 59.9 Å². The molecule has 3 rings (SSSR count). The Bertz CT molecular complexity index is 736. The Morgan fingerprint density at radius 2 is 1.90 bits per heavy atom. The number of aromatic nitrogens is 4. The van der Waals surface area contributed by atoms with Crippen LogP contribution in [0.25, 0.3) is 11.4 Å². The van der Waals surface area contributed by atoms with E-state index in [1.807, 2.05) is 18.2 Å². The molecule has 0 unspecified atom stereocenters. The molecular formula is C15H14FN5. The van der Waals surface area contributed by atoms with Gasteiger partial charge in [-0.15, -0.1) is 5.10 Å². The predicted molar refractivity (Wildman–Crippen MR) is 77.8 cm³/mol. The molecule has 0 amide bonds. The second kappa shape index (κ2) is 5.70. The number of benzene rings is 2. The lowest BCUT2D eigenvalue weighted by molar-refractivity contribution is 0.588. The summed E-state index contributed by atoms with van der Waals surface area (Å²) in [7, 11) is 0. The van der Waals surface area contributed by atoms with Gasteiger partial charge >= 0.3 is 0 Å². The van der Waals surface area contributed by atoms with Gasteiger partial charge in [0.25, 0.3) is 0 Å². The standard InChI is InChI=1S/C15H14FN5/c16-13-3-1-2-11(10-13)8-9-21-15(18-19-20-21)12-4-6-14(17)7-5-12/h1-7,10H,8-9,17H2. The molecule has 0 bridgehead atoms. The Hall–Kier alpha value is -2.76. The summed E-state index contributed by atoms with van der Waals surface area (Å²) in [4.78, 5) is 0. The van der Waals surface area contributed by atoms with Gasteiger partial charge in [0, 0.05) is 17.8 Å². The number of aryl methyl sites for hydroxylation is 2. The molecule has 0 aliphatic heterocycles. The van der Waals surface area contributed by atoms with Crippen LogP contribution in [-0.4, -0.2) is 20.2 Å². The van der Waals surface area contributed by atoms with Crippen LogP contribution in [0, 0.1) is 5.82 Å². The molecule has 0 atom stereocenters. The van der Waals surface area contributed by atoms with Gasteiger partial charge in [0.1, 0.15) is 5.82 Å². The van der Waals surface area contributed by atoms with Gasteiger partial charge in [0.2, 0.25) is 0 Å². The van der Waals surface area contributed by atoms with E-state index in [4.69, 9.17) is 5.73 Å². The summed E-state index contributed by atoms with van der Waals surface area (Å²) in [5, 5.41) is 11.7. The first-order chi connectivity index (χ1) is 10.2. The van der Waals surface area contributed by atoms with Crippen molar-refractivity contribution in [3.8, 4) is 11.4 Å². The van der Waals surface area contributed by atoms with Crippen molar-refractivity contribution in [1.29, 1.82) is 0 Å². The summed E-state index contributed by atoms with van der Waals surface area (Å²) in [6.45, 7) is 0.580. The summed E-state index contributed by atoms with van der Waals surface area (Å²) >= 11 is 0. The number of nitrogens with two attached hydrogens (primary N) is 1. The minimum atomic E-state index is -0.233. The second-order valence-electron chi connectivity index (χ2n) is 4.73.